The van der Waals surface area contributed by atoms with Crippen LogP contribution in [0.1, 0.15) is 12.6 Å². The number of nitrogens with one attached hydrogen (secondary N) is 2. The van der Waals surface area contributed by atoms with Gasteiger partial charge in [0.2, 0.25) is 5.91 Å². The van der Waals surface area contributed by atoms with Gasteiger partial charge in [-0.05, 0) is 13.8 Å². The molecule has 100 valence electrons. The predicted molar refractivity (Wildman–Crippen MR) is 73.5 cm³/mol. The van der Waals surface area contributed by atoms with Crippen LogP contribution < -0.4 is 10.9 Å². The maximum absolute atomic E-state index is 11.9. The Morgan fingerprint density at radius 2 is 2.32 bits per heavy atom. The lowest BCUT2D eigenvalue weighted by Crippen LogP contribution is -2.23. The van der Waals surface area contributed by atoms with Gasteiger partial charge in [-0.15, -0.1) is 21.5 Å². The van der Waals surface area contributed by atoms with Crippen molar-refractivity contribution < 1.29 is 4.79 Å². The Morgan fingerprint density at radius 1 is 1.53 bits per heavy atom. The van der Waals surface area contributed by atoms with Crippen molar-refractivity contribution in [1.29, 1.82) is 0 Å². The number of hydrogen-bond donors (Lipinski definition) is 2. The van der Waals surface area contributed by atoms with E-state index >= 15 is 0 Å². The van der Waals surface area contributed by atoms with E-state index in [2.05, 4.69) is 25.5 Å². The average Bonchev–Trinajstić information content (AvgIpc) is 2.86. The van der Waals surface area contributed by atoms with Crippen LogP contribution in [0.4, 0.5) is 5.13 Å². The minimum atomic E-state index is -0.420. The predicted octanol–water partition coefficient (Wildman–Crippen LogP) is 1.05. The second-order valence-corrected chi connectivity index (χ2v) is 5.86. The van der Waals surface area contributed by atoms with Crippen molar-refractivity contribution in [1.82, 2.24) is 20.2 Å². The number of aromatic amines is 1. The van der Waals surface area contributed by atoms with Gasteiger partial charge in [0.1, 0.15) is 5.69 Å². The Bertz CT molecular complexity index is 625. The Balaban J connectivity index is 2.00. The van der Waals surface area contributed by atoms with Gasteiger partial charge >= 0.3 is 0 Å². The molecule has 0 saturated carbocycles. The largest absolute Gasteiger partial charge is 0.301 e. The van der Waals surface area contributed by atoms with Crippen molar-refractivity contribution in [2.75, 3.05) is 5.32 Å². The standard InChI is InChI=1S/C10H11N5O2S2/c1-5-7(16)12-10(15-14-5)19-6(2)8(17)13-9-11-3-4-18-9/h3-4,6H,1-2H3,(H,11,13,17)(H,12,15,16). The van der Waals surface area contributed by atoms with Crippen LogP contribution in [0.5, 0.6) is 0 Å². The summed E-state index contributed by atoms with van der Waals surface area (Å²) in [5.74, 6) is -0.205. The van der Waals surface area contributed by atoms with Crippen LogP contribution in [0.3, 0.4) is 0 Å². The van der Waals surface area contributed by atoms with Crippen LogP contribution in [-0.2, 0) is 4.79 Å². The Labute approximate surface area is 116 Å². The van der Waals surface area contributed by atoms with Gasteiger partial charge in [-0.25, -0.2) is 4.98 Å². The Kier molecular flexibility index (Phi) is 4.27. The molecule has 0 bridgehead atoms. The molecule has 1 atom stereocenters. The molecule has 0 spiro atoms. The lowest BCUT2D eigenvalue weighted by Gasteiger charge is -2.08. The zero-order valence-electron chi connectivity index (χ0n) is 10.2. The van der Waals surface area contributed by atoms with Crippen LogP contribution in [-0.4, -0.2) is 31.3 Å². The fraction of sp³-hybridized carbons (Fsp3) is 0.300. The molecule has 1 amide bonds. The van der Waals surface area contributed by atoms with E-state index < -0.39 is 5.25 Å². The van der Waals surface area contributed by atoms with E-state index in [9.17, 15) is 9.59 Å². The molecule has 19 heavy (non-hydrogen) atoms. The van der Waals surface area contributed by atoms with E-state index in [0.717, 1.165) is 11.8 Å². The lowest BCUT2D eigenvalue weighted by atomic mass is 10.4. The first-order chi connectivity index (χ1) is 9.06. The normalized spacial score (nSPS) is 12.1. The van der Waals surface area contributed by atoms with Gasteiger partial charge in [-0.1, -0.05) is 11.8 Å². The molecule has 2 aromatic heterocycles. The molecule has 0 aromatic carbocycles. The fourth-order valence-corrected chi connectivity index (χ4v) is 2.42. The number of aromatic nitrogens is 4. The van der Waals surface area contributed by atoms with Gasteiger partial charge < -0.3 is 5.32 Å². The van der Waals surface area contributed by atoms with Crippen molar-refractivity contribution in [3.63, 3.8) is 0 Å². The molecule has 0 fully saturated rings. The highest BCUT2D eigenvalue weighted by atomic mass is 32.2. The molecule has 0 radical (unpaired) electrons. The highest BCUT2D eigenvalue weighted by molar-refractivity contribution is 8.00. The van der Waals surface area contributed by atoms with Crippen LogP contribution in [0.15, 0.2) is 21.5 Å². The van der Waals surface area contributed by atoms with Crippen LogP contribution in [0.25, 0.3) is 0 Å². The van der Waals surface area contributed by atoms with Gasteiger partial charge in [0.25, 0.3) is 5.56 Å². The minimum absolute atomic E-state index is 0.205. The smallest absolute Gasteiger partial charge is 0.273 e. The molecule has 0 aliphatic carbocycles. The molecule has 0 aliphatic rings. The van der Waals surface area contributed by atoms with Crippen LogP contribution >= 0.6 is 23.1 Å². The maximum Gasteiger partial charge on any atom is 0.273 e. The number of H-pyrrole nitrogens is 1. The minimum Gasteiger partial charge on any atom is -0.301 e. The number of rotatable bonds is 4. The summed E-state index contributed by atoms with van der Waals surface area (Å²) in [4.78, 5) is 29.8. The molecular weight excluding hydrogens is 286 g/mol. The summed E-state index contributed by atoms with van der Waals surface area (Å²) in [6, 6.07) is 0. The van der Waals surface area contributed by atoms with E-state index in [0.29, 0.717) is 16.0 Å². The van der Waals surface area contributed by atoms with Gasteiger partial charge in [-0.3, -0.25) is 14.6 Å². The topological polar surface area (TPSA) is 101 Å². The number of amides is 1. The molecule has 1 unspecified atom stereocenters. The number of anilines is 1. The number of carbonyl (C=O) groups is 1. The molecule has 9 heteroatoms. The lowest BCUT2D eigenvalue weighted by molar-refractivity contribution is -0.115. The SMILES string of the molecule is Cc1nnc(SC(C)C(=O)Nc2nccs2)[nH]c1=O. The van der Waals surface area contributed by atoms with Crippen molar-refractivity contribution in [2.24, 2.45) is 0 Å². The Morgan fingerprint density at radius 3 is 2.95 bits per heavy atom. The Hall–Kier alpha value is -1.74. The second kappa shape index (κ2) is 5.93. The summed E-state index contributed by atoms with van der Waals surface area (Å²) in [5, 5.41) is 12.4. The van der Waals surface area contributed by atoms with Crippen LogP contribution in [0.2, 0.25) is 0 Å². The number of aryl methyl sites for hydroxylation is 1. The van der Waals surface area contributed by atoms with Crippen LogP contribution in [0, 0.1) is 6.92 Å². The zero-order valence-corrected chi connectivity index (χ0v) is 11.8. The third-order valence-electron chi connectivity index (χ3n) is 2.16. The highest BCUT2D eigenvalue weighted by Gasteiger charge is 2.17. The first kappa shape index (κ1) is 13.7. The summed E-state index contributed by atoms with van der Waals surface area (Å²) in [5.41, 5.74) is -0.00530. The molecule has 0 aliphatic heterocycles. The summed E-state index contributed by atoms with van der Waals surface area (Å²) in [6.45, 7) is 3.28. The van der Waals surface area contributed by atoms with E-state index in [1.807, 2.05) is 0 Å². The number of thioether (sulfide) groups is 1. The van der Waals surface area contributed by atoms with Crippen molar-refractivity contribution in [2.45, 2.75) is 24.3 Å². The van der Waals surface area contributed by atoms with Gasteiger partial charge in [0.05, 0.1) is 5.25 Å². The summed E-state index contributed by atoms with van der Waals surface area (Å²) in [6.07, 6.45) is 1.61. The summed E-state index contributed by atoms with van der Waals surface area (Å²) >= 11 is 2.47. The molecule has 7 nitrogen and oxygen atoms in total. The number of carbonyl (C=O) groups excluding carboxylic acids is 1. The van der Waals surface area contributed by atoms with Crippen molar-refractivity contribution in [3.05, 3.63) is 27.6 Å². The van der Waals surface area contributed by atoms with E-state index in [1.165, 1.54) is 11.3 Å². The number of nitrogens with zero attached hydrogens (tertiary/aromatic N) is 3. The molecule has 2 rings (SSSR count). The molecule has 0 saturated heterocycles. The van der Waals surface area contributed by atoms with E-state index in [4.69, 9.17) is 0 Å². The molecule has 2 heterocycles. The first-order valence-electron chi connectivity index (χ1n) is 5.37. The molecule has 2 aromatic rings. The third kappa shape index (κ3) is 3.61. The second-order valence-electron chi connectivity index (χ2n) is 3.63. The first-order valence-corrected chi connectivity index (χ1v) is 7.13. The van der Waals surface area contributed by atoms with Crippen molar-refractivity contribution >= 4 is 34.1 Å². The number of thiazole rings is 1. The van der Waals surface area contributed by atoms with E-state index in [-0.39, 0.29) is 11.5 Å². The monoisotopic (exact) mass is 297 g/mol. The fourth-order valence-electron chi connectivity index (χ4n) is 1.14. The van der Waals surface area contributed by atoms with Gasteiger partial charge in [-0.2, -0.15) is 0 Å². The molecule has 2 N–H and O–H groups in total. The highest BCUT2D eigenvalue weighted by Crippen LogP contribution is 2.19. The molecular formula is C10H11N5O2S2. The quantitative estimate of drug-likeness (QED) is 0.818. The third-order valence-corrected chi connectivity index (χ3v) is 3.82. The van der Waals surface area contributed by atoms with E-state index in [1.54, 1.807) is 25.4 Å². The van der Waals surface area contributed by atoms with Gasteiger partial charge in [0.15, 0.2) is 10.3 Å². The maximum atomic E-state index is 11.9. The average molecular weight is 297 g/mol. The summed E-state index contributed by atoms with van der Waals surface area (Å²) in [7, 11) is 0. The summed E-state index contributed by atoms with van der Waals surface area (Å²) < 4.78 is 0. The number of hydrogen-bond acceptors (Lipinski definition) is 7. The van der Waals surface area contributed by atoms with Crippen molar-refractivity contribution in [3.8, 4) is 0 Å². The zero-order chi connectivity index (χ0) is 13.8. The van der Waals surface area contributed by atoms with Gasteiger partial charge in [0, 0.05) is 11.6 Å².